The van der Waals surface area contributed by atoms with E-state index in [9.17, 15) is 9.18 Å². The van der Waals surface area contributed by atoms with E-state index in [2.05, 4.69) is 10.2 Å². The molecule has 0 unspecified atom stereocenters. The van der Waals surface area contributed by atoms with E-state index < -0.39 is 0 Å². The zero-order chi connectivity index (χ0) is 15.5. The molecule has 1 amide bonds. The highest BCUT2D eigenvalue weighted by molar-refractivity contribution is 6.06. The number of benzene rings is 2. The van der Waals surface area contributed by atoms with Gasteiger partial charge in [0.2, 0.25) is 0 Å². The van der Waals surface area contributed by atoms with Crippen LogP contribution in [0.25, 0.3) is 0 Å². The summed E-state index contributed by atoms with van der Waals surface area (Å²) < 4.78 is 13.6. The van der Waals surface area contributed by atoms with E-state index in [-0.39, 0.29) is 11.7 Å². The minimum atomic E-state index is -0.345. The molecule has 3 rings (SSSR count). The summed E-state index contributed by atoms with van der Waals surface area (Å²) in [5.41, 5.74) is 3.02. The molecule has 0 radical (unpaired) electrons. The van der Waals surface area contributed by atoms with Gasteiger partial charge in [0.1, 0.15) is 5.82 Å². The summed E-state index contributed by atoms with van der Waals surface area (Å²) in [4.78, 5) is 14.6. The molecular formula is C18H19FN2O. The van der Waals surface area contributed by atoms with Crippen molar-refractivity contribution in [1.29, 1.82) is 0 Å². The minimum absolute atomic E-state index is 0.213. The summed E-state index contributed by atoms with van der Waals surface area (Å²) >= 11 is 0. The number of nitrogens with one attached hydrogen (secondary N) is 1. The van der Waals surface area contributed by atoms with Crippen LogP contribution in [0, 0.1) is 12.7 Å². The molecule has 0 spiro atoms. The van der Waals surface area contributed by atoms with Crippen molar-refractivity contribution in [2.24, 2.45) is 0 Å². The summed E-state index contributed by atoms with van der Waals surface area (Å²) in [6, 6.07) is 11.9. The lowest BCUT2D eigenvalue weighted by atomic mass is 10.1. The number of rotatable bonds is 3. The van der Waals surface area contributed by atoms with Crippen molar-refractivity contribution in [1.82, 2.24) is 0 Å². The van der Waals surface area contributed by atoms with Gasteiger partial charge in [0.05, 0.1) is 11.4 Å². The number of halogens is 1. The average molecular weight is 298 g/mol. The molecule has 1 saturated heterocycles. The van der Waals surface area contributed by atoms with Crippen LogP contribution in [0.15, 0.2) is 42.5 Å². The minimum Gasteiger partial charge on any atom is -0.370 e. The second kappa shape index (κ2) is 6.18. The normalized spacial score (nSPS) is 14.2. The van der Waals surface area contributed by atoms with Crippen molar-refractivity contribution in [2.45, 2.75) is 19.8 Å². The largest absolute Gasteiger partial charge is 0.370 e. The Morgan fingerprint density at radius 3 is 2.64 bits per heavy atom. The van der Waals surface area contributed by atoms with E-state index in [4.69, 9.17) is 0 Å². The van der Waals surface area contributed by atoms with Gasteiger partial charge in [-0.25, -0.2) is 4.39 Å². The maximum absolute atomic E-state index is 13.6. The molecule has 4 heteroatoms. The Hall–Kier alpha value is -2.36. The fourth-order valence-corrected chi connectivity index (χ4v) is 2.82. The molecule has 1 fully saturated rings. The molecule has 2 aromatic rings. The highest BCUT2D eigenvalue weighted by Crippen LogP contribution is 2.30. The molecule has 1 heterocycles. The quantitative estimate of drug-likeness (QED) is 0.929. The average Bonchev–Trinajstić information content (AvgIpc) is 3.01. The third-order valence-corrected chi connectivity index (χ3v) is 3.93. The van der Waals surface area contributed by atoms with E-state index in [1.165, 1.54) is 12.1 Å². The molecule has 1 N–H and O–H groups in total. The van der Waals surface area contributed by atoms with Crippen molar-refractivity contribution in [3.05, 3.63) is 59.4 Å². The smallest absolute Gasteiger partial charge is 0.255 e. The molecule has 0 atom stereocenters. The van der Waals surface area contributed by atoms with E-state index in [0.29, 0.717) is 11.3 Å². The van der Waals surface area contributed by atoms with Crippen LogP contribution in [0.3, 0.4) is 0 Å². The van der Waals surface area contributed by atoms with Crippen LogP contribution in [0.2, 0.25) is 0 Å². The summed E-state index contributed by atoms with van der Waals surface area (Å²) in [5.74, 6) is -0.558. The number of aryl methyl sites for hydroxylation is 1. The first-order valence-corrected chi connectivity index (χ1v) is 7.56. The monoisotopic (exact) mass is 298 g/mol. The Labute approximate surface area is 129 Å². The van der Waals surface area contributed by atoms with Gasteiger partial charge in [-0.15, -0.1) is 0 Å². The zero-order valence-electron chi connectivity index (χ0n) is 12.6. The predicted molar refractivity (Wildman–Crippen MR) is 87.0 cm³/mol. The molecule has 0 aromatic heterocycles. The summed E-state index contributed by atoms with van der Waals surface area (Å²) in [6.07, 6.45) is 2.26. The van der Waals surface area contributed by atoms with Gasteiger partial charge in [-0.1, -0.05) is 17.7 Å². The van der Waals surface area contributed by atoms with Crippen LogP contribution >= 0.6 is 0 Å². The van der Waals surface area contributed by atoms with Crippen LogP contribution in [0.5, 0.6) is 0 Å². The fraction of sp³-hybridized carbons (Fsp3) is 0.278. The molecule has 0 aliphatic carbocycles. The number of nitrogens with zero attached hydrogens (tertiary/aromatic N) is 1. The second-order valence-corrected chi connectivity index (χ2v) is 5.68. The summed E-state index contributed by atoms with van der Waals surface area (Å²) in [5, 5.41) is 2.85. The molecule has 22 heavy (non-hydrogen) atoms. The Morgan fingerprint density at radius 1 is 1.14 bits per heavy atom. The molecule has 1 aliphatic rings. The molecule has 0 bridgehead atoms. The van der Waals surface area contributed by atoms with E-state index >= 15 is 0 Å². The van der Waals surface area contributed by atoms with Crippen molar-refractivity contribution < 1.29 is 9.18 Å². The van der Waals surface area contributed by atoms with Gasteiger partial charge in [0.25, 0.3) is 5.91 Å². The summed E-state index contributed by atoms with van der Waals surface area (Å²) in [6.45, 7) is 3.83. The SMILES string of the molecule is Cc1cccc(C(=O)Nc2cc(F)ccc2N2CCCC2)c1. The van der Waals surface area contributed by atoms with Crippen LogP contribution in [0.1, 0.15) is 28.8 Å². The first kappa shape index (κ1) is 14.6. The molecular weight excluding hydrogens is 279 g/mol. The Kier molecular flexibility index (Phi) is 4.09. The third-order valence-electron chi connectivity index (χ3n) is 3.93. The van der Waals surface area contributed by atoms with Gasteiger partial charge < -0.3 is 10.2 Å². The van der Waals surface area contributed by atoms with Gasteiger partial charge in [-0.05, 0) is 50.1 Å². The van der Waals surface area contributed by atoms with Crippen molar-refractivity contribution >= 4 is 17.3 Å². The van der Waals surface area contributed by atoms with Gasteiger partial charge in [0, 0.05) is 18.7 Å². The number of carbonyl (C=O) groups excluding carboxylic acids is 1. The van der Waals surface area contributed by atoms with Crippen molar-refractivity contribution in [3.63, 3.8) is 0 Å². The van der Waals surface area contributed by atoms with E-state index in [1.54, 1.807) is 12.1 Å². The molecule has 3 nitrogen and oxygen atoms in total. The van der Waals surface area contributed by atoms with Gasteiger partial charge in [-0.2, -0.15) is 0 Å². The molecule has 1 aliphatic heterocycles. The van der Waals surface area contributed by atoms with Crippen molar-refractivity contribution in [2.75, 3.05) is 23.3 Å². The first-order valence-electron chi connectivity index (χ1n) is 7.56. The third kappa shape index (κ3) is 3.11. The Morgan fingerprint density at radius 2 is 1.91 bits per heavy atom. The highest BCUT2D eigenvalue weighted by Gasteiger charge is 2.18. The van der Waals surface area contributed by atoms with Crippen LogP contribution in [-0.2, 0) is 0 Å². The first-order chi connectivity index (χ1) is 10.6. The summed E-state index contributed by atoms with van der Waals surface area (Å²) in [7, 11) is 0. The lowest BCUT2D eigenvalue weighted by Gasteiger charge is -2.21. The number of anilines is 2. The van der Waals surface area contributed by atoms with Crippen molar-refractivity contribution in [3.8, 4) is 0 Å². The number of carbonyl (C=O) groups is 1. The topological polar surface area (TPSA) is 32.3 Å². The van der Waals surface area contributed by atoms with Gasteiger partial charge >= 0.3 is 0 Å². The standard InChI is InChI=1S/C18H19FN2O/c1-13-5-4-6-14(11-13)18(22)20-16-12-15(19)7-8-17(16)21-9-2-3-10-21/h4-8,11-12H,2-3,9-10H2,1H3,(H,20,22). The maximum Gasteiger partial charge on any atom is 0.255 e. The number of hydrogen-bond acceptors (Lipinski definition) is 2. The zero-order valence-corrected chi connectivity index (χ0v) is 12.6. The predicted octanol–water partition coefficient (Wildman–Crippen LogP) is 3.99. The lowest BCUT2D eigenvalue weighted by Crippen LogP contribution is -2.21. The second-order valence-electron chi connectivity index (χ2n) is 5.68. The fourth-order valence-electron chi connectivity index (χ4n) is 2.82. The molecule has 2 aromatic carbocycles. The van der Waals surface area contributed by atoms with Crippen LogP contribution < -0.4 is 10.2 Å². The molecule has 0 saturated carbocycles. The van der Waals surface area contributed by atoms with E-state index in [0.717, 1.165) is 37.2 Å². The van der Waals surface area contributed by atoms with Crippen LogP contribution in [-0.4, -0.2) is 19.0 Å². The van der Waals surface area contributed by atoms with Gasteiger partial charge in [-0.3, -0.25) is 4.79 Å². The lowest BCUT2D eigenvalue weighted by molar-refractivity contribution is 0.102. The number of hydrogen-bond donors (Lipinski definition) is 1. The van der Waals surface area contributed by atoms with Crippen LogP contribution in [0.4, 0.5) is 15.8 Å². The molecule has 114 valence electrons. The Bertz CT molecular complexity index is 693. The highest BCUT2D eigenvalue weighted by atomic mass is 19.1. The van der Waals surface area contributed by atoms with Gasteiger partial charge in [0.15, 0.2) is 0 Å². The number of amides is 1. The Balaban J connectivity index is 1.87. The maximum atomic E-state index is 13.6. The van der Waals surface area contributed by atoms with E-state index in [1.807, 2.05) is 25.1 Å².